The van der Waals surface area contributed by atoms with E-state index in [2.05, 4.69) is 0 Å². The van der Waals surface area contributed by atoms with Crippen LogP contribution in [0.3, 0.4) is 0 Å². The van der Waals surface area contributed by atoms with Gasteiger partial charge in [0.2, 0.25) is 0 Å². The van der Waals surface area contributed by atoms with Gasteiger partial charge in [-0.3, -0.25) is 4.79 Å². The van der Waals surface area contributed by atoms with Gasteiger partial charge in [-0.15, -0.1) is 11.6 Å². The molecule has 0 aliphatic heterocycles. The number of hydrogen-bond donors (Lipinski definition) is 0. The quantitative estimate of drug-likeness (QED) is 0.532. The number of halogens is 1. The topological polar surface area (TPSA) is 52.6 Å². The van der Waals surface area contributed by atoms with Crippen molar-refractivity contribution in [2.24, 2.45) is 10.8 Å². The summed E-state index contributed by atoms with van der Waals surface area (Å²) in [6.07, 6.45) is 0. The monoisotopic (exact) mass is 328 g/mol. The highest BCUT2D eigenvalue weighted by atomic mass is 35.5. The second-order valence-electron chi connectivity index (χ2n) is 5.55. The fraction of sp³-hybridized carbons (Fsp3) is 0.917. The van der Waals surface area contributed by atoms with Crippen LogP contribution in [0, 0.1) is 10.8 Å². The van der Waals surface area contributed by atoms with Crippen molar-refractivity contribution in [2.45, 2.75) is 45.7 Å². The van der Waals surface area contributed by atoms with Crippen LogP contribution < -0.4 is 0 Å². The van der Waals surface area contributed by atoms with Crippen LogP contribution in [-0.4, -0.2) is 23.2 Å². The zero-order valence-corrected chi connectivity index (χ0v) is 14.7. The number of alkyl halides is 1. The summed E-state index contributed by atoms with van der Waals surface area (Å²) in [6, 6.07) is 0. The molecule has 0 aromatic carbocycles. The van der Waals surface area contributed by atoms with Gasteiger partial charge in [-0.1, -0.05) is 27.7 Å². The van der Waals surface area contributed by atoms with Crippen LogP contribution in [0.5, 0.6) is 0 Å². The van der Waals surface area contributed by atoms with Gasteiger partial charge in [0.25, 0.3) is 0 Å². The van der Waals surface area contributed by atoms with E-state index in [0.29, 0.717) is 0 Å². The minimum absolute atomic E-state index is 0.0575. The molecule has 19 heavy (non-hydrogen) atoms. The fourth-order valence-electron chi connectivity index (χ4n) is 2.58. The molecular formula is C12H22ClO4PS. The first-order valence-electron chi connectivity index (χ1n) is 6.32. The maximum atomic E-state index is 12.6. The molecule has 4 nitrogen and oxygen atoms in total. The highest BCUT2D eigenvalue weighted by Gasteiger charge is 2.74. The third-order valence-electron chi connectivity index (χ3n) is 3.56. The van der Waals surface area contributed by atoms with Crippen LogP contribution in [0.15, 0.2) is 0 Å². The third-order valence-corrected chi connectivity index (χ3v) is 9.82. The van der Waals surface area contributed by atoms with E-state index in [1.54, 1.807) is 41.5 Å². The molecule has 1 rings (SSSR count). The Morgan fingerprint density at radius 3 is 1.79 bits per heavy atom. The Balaban J connectivity index is 3.08. The van der Waals surface area contributed by atoms with Crippen molar-refractivity contribution in [3.63, 3.8) is 0 Å². The van der Waals surface area contributed by atoms with Crippen molar-refractivity contribution in [2.75, 3.05) is 13.2 Å². The number of carbonyl (C=O) groups is 1. The Morgan fingerprint density at radius 2 is 1.47 bits per heavy atom. The van der Waals surface area contributed by atoms with Crippen LogP contribution in [0.2, 0.25) is 0 Å². The van der Waals surface area contributed by atoms with Crippen LogP contribution in [0.1, 0.15) is 41.5 Å². The van der Waals surface area contributed by atoms with Gasteiger partial charge in [0.15, 0.2) is 0 Å². The second-order valence-corrected chi connectivity index (χ2v) is 10.4. The first-order valence-corrected chi connectivity index (χ1v) is 9.66. The number of Topliss-reactive ketones (excluding diaryl/α,β-unsaturated/α-hetero) is 1. The smallest absolute Gasteiger partial charge is 0.301 e. The van der Waals surface area contributed by atoms with Gasteiger partial charge in [0.1, 0.15) is 9.99 Å². The third kappa shape index (κ3) is 2.53. The molecule has 0 spiro atoms. The highest BCUT2D eigenvalue weighted by Crippen LogP contribution is 2.78. The molecular weight excluding hydrogens is 307 g/mol. The van der Waals surface area contributed by atoms with Crippen LogP contribution in [0.4, 0.5) is 0 Å². The largest absolute Gasteiger partial charge is 0.390 e. The summed E-state index contributed by atoms with van der Waals surface area (Å²) in [5.41, 5.74) is -1.54. The minimum Gasteiger partial charge on any atom is -0.301 e. The average Bonchev–Trinajstić information content (AvgIpc) is 2.27. The number of hydrogen-bond acceptors (Lipinski definition) is 5. The molecule has 0 atom stereocenters. The average molecular weight is 329 g/mol. The molecule has 0 bridgehead atoms. The lowest BCUT2D eigenvalue weighted by Crippen LogP contribution is -2.69. The Bertz CT molecular complexity index is 394. The molecule has 112 valence electrons. The molecule has 7 heteroatoms. The standard InChI is InChI=1S/C12H22ClO4PS/c1-7-16-18(15,17-8-2)19-12(13)10(3,4)9(14)11(12,5)6/h7-8H2,1-6H3. The van der Waals surface area contributed by atoms with Crippen molar-refractivity contribution in [3.05, 3.63) is 0 Å². The minimum atomic E-state index is -3.36. The zero-order chi connectivity index (χ0) is 15.1. The van der Waals surface area contributed by atoms with E-state index in [0.717, 1.165) is 11.4 Å². The van der Waals surface area contributed by atoms with Crippen molar-refractivity contribution in [3.8, 4) is 0 Å². The summed E-state index contributed by atoms with van der Waals surface area (Å²) >= 11 is 7.61. The molecule has 0 radical (unpaired) electrons. The van der Waals surface area contributed by atoms with E-state index >= 15 is 0 Å². The lowest BCUT2D eigenvalue weighted by atomic mass is 9.54. The maximum Gasteiger partial charge on any atom is 0.390 e. The van der Waals surface area contributed by atoms with Gasteiger partial charge in [-0.05, 0) is 25.2 Å². The number of carbonyl (C=O) groups excluding carboxylic acids is 1. The van der Waals surface area contributed by atoms with Gasteiger partial charge < -0.3 is 9.05 Å². The summed E-state index contributed by atoms with van der Waals surface area (Å²) in [5, 5.41) is 0. The summed E-state index contributed by atoms with van der Waals surface area (Å²) in [6.45, 7) is 7.74. The van der Waals surface area contributed by atoms with Crippen molar-refractivity contribution >= 4 is 35.6 Å². The molecule has 1 aliphatic carbocycles. The fourth-order valence-corrected chi connectivity index (χ4v) is 8.52. The number of ketones is 1. The van der Waals surface area contributed by atoms with Crippen LogP contribution in [-0.2, 0) is 18.4 Å². The second kappa shape index (κ2) is 5.34. The molecule has 1 saturated carbocycles. The Kier molecular flexibility index (Phi) is 4.92. The van der Waals surface area contributed by atoms with Crippen molar-refractivity contribution in [1.82, 2.24) is 0 Å². The van der Waals surface area contributed by atoms with Crippen LogP contribution >= 0.6 is 29.8 Å². The van der Waals surface area contributed by atoms with Crippen molar-refractivity contribution < 1.29 is 18.4 Å². The summed E-state index contributed by atoms with van der Waals surface area (Å²) < 4.78 is 22.2. The predicted octanol–water partition coefficient (Wildman–Crippen LogP) is 4.47. The molecule has 0 saturated heterocycles. The van der Waals surface area contributed by atoms with E-state index in [1.165, 1.54) is 0 Å². The first kappa shape index (κ1) is 17.5. The summed E-state index contributed by atoms with van der Waals surface area (Å²) in [5.74, 6) is 0.0575. The van der Waals surface area contributed by atoms with Crippen LogP contribution in [0.25, 0.3) is 0 Å². The Morgan fingerprint density at radius 1 is 1.11 bits per heavy atom. The summed E-state index contributed by atoms with van der Waals surface area (Å²) in [7, 11) is 0. The SMILES string of the molecule is CCOP(=O)(OCC)SC1(Cl)C(C)(C)C(=O)C1(C)C. The molecule has 0 aromatic heterocycles. The molecule has 0 aromatic rings. The highest BCUT2D eigenvalue weighted by molar-refractivity contribution is 8.56. The molecule has 0 amide bonds. The molecule has 1 aliphatic rings. The maximum absolute atomic E-state index is 12.6. The number of rotatable bonds is 6. The van der Waals surface area contributed by atoms with E-state index in [-0.39, 0.29) is 19.0 Å². The predicted molar refractivity (Wildman–Crippen MR) is 79.6 cm³/mol. The van der Waals surface area contributed by atoms with E-state index < -0.39 is 21.8 Å². The van der Waals surface area contributed by atoms with Gasteiger partial charge in [-0.2, -0.15) is 0 Å². The van der Waals surface area contributed by atoms with E-state index in [4.69, 9.17) is 20.6 Å². The Labute approximate surface area is 124 Å². The van der Waals surface area contributed by atoms with E-state index in [1.807, 2.05) is 0 Å². The van der Waals surface area contributed by atoms with E-state index in [9.17, 15) is 9.36 Å². The first-order chi connectivity index (χ1) is 8.48. The van der Waals surface area contributed by atoms with Gasteiger partial charge in [0, 0.05) is 0 Å². The van der Waals surface area contributed by atoms with Gasteiger partial charge >= 0.3 is 6.80 Å². The lowest BCUT2D eigenvalue weighted by molar-refractivity contribution is -0.153. The molecule has 0 unspecified atom stereocenters. The Hall–Kier alpha value is 0.460. The lowest BCUT2D eigenvalue weighted by Gasteiger charge is -2.61. The van der Waals surface area contributed by atoms with Gasteiger partial charge in [0.05, 0.1) is 24.0 Å². The summed E-state index contributed by atoms with van der Waals surface area (Å²) in [4.78, 5) is 12.2. The zero-order valence-electron chi connectivity index (χ0n) is 12.3. The normalized spacial score (nSPS) is 24.1. The molecule has 0 N–H and O–H groups in total. The molecule has 0 heterocycles. The molecule has 1 fully saturated rings. The van der Waals surface area contributed by atoms with Gasteiger partial charge in [-0.25, -0.2) is 4.57 Å². The van der Waals surface area contributed by atoms with Crippen molar-refractivity contribution in [1.29, 1.82) is 0 Å².